The number of aryl methyl sites for hydroxylation is 1. The lowest BCUT2D eigenvalue weighted by atomic mass is 9.85. The number of rotatable bonds is 7. The smallest absolute Gasteiger partial charge is 0.327 e. The summed E-state index contributed by atoms with van der Waals surface area (Å²) >= 11 is 0. The molecule has 4 amide bonds. The van der Waals surface area contributed by atoms with E-state index in [9.17, 15) is 14.4 Å². The quantitative estimate of drug-likeness (QED) is 0.633. The van der Waals surface area contributed by atoms with Crippen molar-refractivity contribution in [3.05, 3.63) is 48.5 Å². The molecule has 164 valence electrons. The van der Waals surface area contributed by atoms with Gasteiger partial charge >= 0.3 is 6.03 Å². The van der Waals surface area contributed by atoms with E-state index >= 15 is 0 Å². The van der Waals surface area contributed by atoms with E-state index in [1.165, 1.54) is 4.90 Å². The molecule has 0 radical (unpaired) electrons. The highest BCUT2D eigenvalue weighted by atomic mass is 16.2. The van der Waals surface area contributed by atoms with E-state index < -0.39 is 5.54 Å². The van der Waals surface area contributed by atoms with Gasteiger partial charge in [-0.3, -0.25) is 14.5 Å². The van der Waals surface area contributed by atoms with Gasteiger partial charge in [-0.05, 0) is 24.8 Å². The van der Waals surface area contributed by atoms with Crippen molar-refractivity contribution in [1.29, 1.82) is 0 Å². The fourth-order valence-electron chi connectivity index (χ4n) is 4.52. The molecule has 1 spiro atoms. The predicted molar refractivity (Wildman–Crippen MR) is 113 cm³/mol. The average molecular weight is 425 g/mol. The fourth-order valence-corrected chi connectivity index (χ4v) is 4.52. The molecular weight excluding hydrogens is 396 g/mol. The summed E-state index contributed by atoms with van der Waals surface area (Å²) in [4.78, 5) is 44.2. The first-order valence-corrected chi connectivity index (χ1v) is 10.8. The molecule has 31 heavy (non-hydrogen) atoms. The zero-order chi connectivity index (χ0) is 21.8. The summed E-state index contributed by atoms with van der Waals surface area (Å²) in [6.07, 6.45) is 5.18. The van der Waals surface area contributed by atoms with E-state index in [4.69, 9.17) is 0 Å². The van der Waals surface area contributed by atoms with Crippen LogP contribution in [0.5, 0.6) is 0 Å². The van der Waals surface area contributed by atoms with Gasteiger partial charge < -0.3 is 14.4 Å². The number of nitrogens with zero attached hydrogens (tertiary/aromatic N) is 6. The number of piperidine rings is 1. The first-order valence-electron chi connectivity index (χ1n) is 10.8. The van der Waals surface area contributed by atoms with Gasteiger partial charge in [-0.25, -0.2) is 4.79 Å². The summed E-state index contributed by atoms with van der Waals surface area (Å²) in [5, 5.41) is 7.50. The molecule has 0 N–H and O–H groups in total. The summed E-state index contributed by atoms with van der Waals surface area (Å²) in [5.74, 6) is -0.0767. The minimum Gasteiger partial charge on any atom is -0.342 e. The van der Waals surface area contributed by atoms with E-state index in [0.717, 1.165) is 12.0 Å². The second kappa shape index (κ2) is 8.87. The van der Waals surface area contributed by atoms with Crippen LogP contribution in [0, 0.1) is 0 Å². The highest BCUT2D eigenvalue weighted by Crippen LogP contribution is 2.38. The Bertz CT molecular complexity index is 922. The standard InChI is InChI=1S/C22H28N6O3/c1-2-11-27-20(30)22(28(21(27)31)15-18-6-4-3-5-7-18)9-13-26(14-10-22)19(29)8-12-25-16-23-24-17-25/h3-7,16-17H,2,8-15H2,1H3. The topological polar surface area (TPSA) is 91.6 Å². The number of aromatic nitrogens is 3. The van der Waals surface area contributed by atoms with Gasteiger partial charge in [-0.1, -0.05) is 37.3 Å². The Labute approximate surface area is 181 Å². The van der Waals surface area contributed by atoms with Crippen molar-refractivity contribution in [1.82, 2.24) is 29.5 Å². The Morgan fingerprint density at radius 2 is 1.71 bits per heavy atom. The summed E-state index contributed by atoms with van der Waals surface area (Å²) in [6, 6.07) is 9.53. The Balaban J connectivity index is 1.47. The third-order valence-electron chi connectivity index (χ3n) is 6.25. The van der Waals surface area contributed by atoms with E-state index in [2.05, 4.69) is 10.2 Å². The maximum absolute atomic E-state index is 13.4. The van der Waals surface area contributed by atoms with Crippen LogP contribution in [0.25, 0.3) is 0 Å². The fraction of sp³-hybridized carbons (Fsp3) is 0.500. The molecule has 4 rings (SSSR count). The van der Waals surface area contributed by atoms with Gasteiger partial charge in [0.2, 0.25) is 5.91 Å². The SMILES string of the molecule is CCCN1C(=O)N(Cc2ccccc2)C2(CCN(C(=O)CCn3cnnc3)CC2)C1=O. The van der Waals surface area contributed by atoms with Crippen molar-refractivity contribution in [2.24, 2.45) is 0 Å². The largest absolute Gasteiger partial charge is 0.342 e. The van der Waals surface area contributed by atoms with Gasteiger partial charge in [0.05, 0.1) is 0 Å². The first-order chi connectivity index (χ1) is 15.0. The van der Waals surface area contributed by atoms with Crippen LogP contribution >= 0.6 is 0 Å². The molecule has 2 saturated heterocycles. The minimum atomic E-state index is -0.868. The van der Waals surface area contributed by atoms with Crippen LogP contribution in [0.1, 0.15) is 38.2 Å². The second-order valence-electron chi connectivity index (χ2n) is 8.17. The minimum absolute atomic E-state index is 0.0420. The molecule has 0 aliphatic carbocycles. The molecule has 2 aliphatic heterocycles. The van der Waals surface area contributed by atoms with Crippen LogP contribution in [-0.4, -0.2) is 72.5 Å². The van der Waals surface area contributed by atoms with Crippen molar-refractivity contribution < 1.29 is 14.4 Å². The third-order valence-corrected chi connectivity index (χ3v) is 6.25. The summed E-state index contributed by atoms with van der Waals surface area (Å²) in [7, 11) is 0. The van der Waals surface area contributed by atoms with E-state index in [1.54, 1.807) is 27.0 Å². The molecule has 9 heteroatoms. The molecule has 2 aliphatic rings. The molecule has 9 nitrogen and oxygen atoms in total. The maximum Gasteiger partial charge on any atom is 0.327 e. The van der Waals surface area contributed by atoms with E-state index in [-0.39, 0.29) is 17.8 Å². The summed E-state index contributed by atoms with van der Waals surface area (Å²) in [6.45, 7) is 4.23. The van der Waals surface area contributed by atoms with Gasteiger partial charge in [0.25, 0.3) is 5.91 Å². The predicted octanol–water partition coefficient (Wildman–Crippen LogP) is 1.90. The van der Waals surface area contributed by atoms with Crippen LogP contribution in [0.4, 0.5) is 4.79 Å². The van der Waals surface area contributed by atoms with Gasteiger partial charge in [0.15, 0.2) is 0 Å². The molecule has 2 aromatic rings. The molecule has 0 atom stereocenters. The Morgan fingerprint density at radius 3 is 2.35 bits per heavy atom. The normalized spacial score (nSPS) is 18.3. The van der Waals surface area contributed by atoms with Gasteiger partial charge in [-0.2, -0.15) is 0 Å². The monoisotopic (exact) mass is 424 g/mol. The number of hydrogen-bond donors (Lipinski definition) is 0. The van der Waals surface area contributed by atoms with Crippen molar-refractivity contribution in [2.45, 2.75) is 51.2 Å². The lowest BCUT2D eigenvalue weighted by Gasteiger charge is -2.42. The molecule has 0 unspecified atom stereocenters. The molecule has 0 bridgehead atoms. The Morgan fingerprint density at radius 1 is 1.03 bits per heavy atom. The van der Waals surface area contributed by atoms with E-state index in [1.807, 2.05) is 37.3 Å². The third kappa shape index (κ3) is 4.04. The summed E-state index contributed by atoms with van der Waals surface area (Å²) in [5.41, 5.74) is 0.126. The number of hydrogen-bond acceptors (Lipinski definition) is 5. The molecule has 3 heterocycles. The highest BCUT2D eigenvalue weighted by Gasteiger charge is 2.57. The number of carbonyl (C=O) groups is 3. The van der Waals surface area contributed by atoms with Crippen LogP contribution in [0.2, 0.25) is 0 Å². The second-order valence-corrected chi connectivity index (χ2v) is 8.17. The van der Waals surface area contributed by atoms with Crippen molar-refractivity contribution in [3.8, 4) is 0 Å². The number of amides is 4. The number of urea groups is 1. The molecule has 1 aromatic carbocycles. The number of benzene rings is 1. The molecule has 1 aromatic heterocycles. The summed E-state index contributed by atoms with van der Waals surface area (Å²) < 4.78 is 1.77. The van der Waals surface area contributed by atoms with Gasteiger partial charge in [-0.15, -0.1) is 10.2 Å². The average Bonchev–Trinajstić information content (AvgIpc) is 3.38. The van der Waals surface area contributed by atoms with Gasteiger partial charge in [0, 0.05) is 39.1 Å². The maximum atomic E-state index is 13.4. The van der Waals surface area contributed by atoms with Gasteiger partial charge in [0.1, 0.15) is 18.2 Å². The highest BCUT2D eigenvalue weighted by molar-refractivity contribution is 6.07. The molecule has 0 saturated carbocycles. The van der Waals surface area contributed by atoms with Crippen LogP contribution in [-0.2, 0) is 22.7 Å². The first kappa shape index (κ1) is 21.0. The van der Waals surface area contributed by atoms with Crippen LogP contribution < -0.4 is 0 Å². The Hall–Kier alpha value is -3.23. The number of carbonyl (C=O) groups excluding carboxylic acids is 3. The van der Waals surface area contributed by atoms with Crippen LogP contribution in [0.15, 0.2) is 43.0 Å². The number of imide groups is 1. The lowest BCUT2D eigenvalue weighted by molar-refractivity contribution is -0.141. The zero-order valence-electron chi connectivity index (χ0n) is 17.8. The van der Waals surface area contributed by atoms with Crippen molar-refractivity contribution in [2.75, 3.05) is 19.6 Å². The molecular formula is C22H28N6O3. The zero-order valence-corrected chi connectivity index (χ0v) is 17.8. The molecule has 2 fully saturated rings. The van der Waals surface area contributed by atoms with E-state index in [0.29, 0.717) is 52.0 Å². The van der Waals surface area contributed by atoms with Crippen LogP contribution in [0.3, 0.4) is 0 Å². The Kier molecular flexibility index (Phi) is 6.01. The van der Waals surface area contributed by atoms with Crippen molar-refractivity contribution >= 4 is 17.8 Å². The number of likely N-dealkylation sites (tertiary alicyclic amines) is 1. The van der Waals surface area contributed by atoms with Crippen molar-refractivity contribution in [3.63, 3.8) is 0 Å². The lowest BCUT2D eigenvalue weighted by Crippen LogP contribution is -2.57.